The zero-order valence-electron chi connectivity index (χ0n) is 10.1. The number of amides is 1. The summed E-state index contributed by atoms with van der Waals surface area (Å²) in [7, 11) is 1.64. The molecule has 1 N–H and O–H groups in total. The van der Waals surface area contributed by atoms with Crippen LogP contribution < -0.4 is 22.3 Å². The fraction of sp³-hybridized carbons (Fsp3) is 0.143. The fourth-order valence-corrected chi connectivity index (χ4v) is 1.69. The summed E-state index contributed by atoms with van der Waals surface area (Å²) in [5, 5.41) is 2.62. The molecular weight excluding hydrogens is 248 g/mol. The van der Waals surface area contributed by atoms with Crippen LogP contribution in [-0.2, 0) is 6.54 Å². The van der Waals surface area contributed by atoms with E-state index in [1.807, 2.05) is 41.2 Å². The van der Waals surface area contributed by atoms with Gasteiger partial charge in [-0.2, -0.15) is 4.57 Å². The SMILES string of the molecule is CNC(=O)c1ccc[n+](Cc2ccccc2)c1.[Cl-]. The van der Waals surface area contributed by atoms with Crippen LogP contribution in [0.1, 0.15) is 15.9 Å². The second-order valence-corrected chi connectivity index (χ2v) is 3.83. The Balaban J connectivity index is 0.00000162. The van der Waals surface area contributed by atoms with Gasteiger partial charge in [0.05, 0.1) is 0 Å². The predicted octanol–water partition coefficient (Wildman–Crippen LogP) is -1.61. The second-order valence-electron chi connectivity index (χ2n) is 3.83. The first kappa shape index (κ1) is 14.2. The van der Waals surface area contributed by atoms with Crippen molar-refractivity contribution in [3.8, 4) is 0 Å². The number of hydrogen-bond acceptors (Lipinski definition) is 1. The van der Waals surface area contributed by atoms with Crippen LogP contribution in [0.3, 0.4) is 0 Å². The zero-order valence-corrected chi connectivity index (χ0v) is 10.9. The van der Waals surface area contributed by atoms with Gasteiger partial charge < -0.3 is 17.7 Å². The average molecular weight is 263 g/mol. The van der Waals surface area contributed by atoms with Crippen LogP contribution in [0.15, 0.2) is 54.9 Å². The van der Waals surface area contributed by atoms with Crippen LogP contribution in [0.4, 0.5) is 0 Å². The Labute approximate surface area is 113 Å². The van der Waals surface area contributed by atoms with E-state index in [1.165, 1.54) is 5.56 Å². The first-order chi connectivity index (χ1) is 8.29. The van der Waals surface area contributed by atoms with Crippen LogP contribution in [0.2, 0.25) is 0 Å². The highest BCUT2D eigenvalue weighted by Crippen LogP contribution is 1.99. The molecule has 0 aliphatic rings. The maximum absolute atomic E-state index is 11.5. The van der Waals surface area contributed by atoms with Gasteiger partial charge >= 0.3 is 0 Å². The number of nitrogens with zero attached hydrogens (tertiary/aromatic N) is 1. The van der Waals surface area contributed by atoms with Gasteiger partial charge in [-0.3, -0.25) is 4.79 Å². The molecule has 18 heavy (non-hydrogen) atoms. The summed E-state index contributed by atoms with van der Waals surface area (Å²) in [5.74, 6) is -0.0626. The molecule has 0 saturated heterocycles. The molecule has 0 spiro atoms. The molecule has 0 aliphatic heterocycles. The van der Waals surface area contributed by atoms with Crippen molar-refractivity contribution >= 4 is 5.91 Å². The monoisotopic (exact) mass is 262 g/mol. The van der Waals surface area contributed by atoms with Crippen molar-refractivity contribution in [1.82, 2.24) is 5.32 Å². The lowest BCUT2D eigenvalue weighted by molar-refractivity contribution is -0.688. The minimum atomic E-state index is -0.0626. The largest absolute Gasteiger partial charge is 1.00 e. The fourth-order valence-electron chi connectivity index (χ4n) is 1.69. The van der Waals surface area contributed by atoms with E-state index in [9.17, 15) is 4.79 Å². The molecule has 2 aromatic rings. The van der Waals surface area contributed by atoms with E-state index in [2.05, 4.69) is 17.4 Å². The van der Waals surface area contributed by atoms with Crippen molar-refractivity contribution in [3.05, 3.63) is 66.0 Å². The van der Waals surface area contributed by atoms with Gasteiger partial charge in [0.15, 0.2) is 18.9 Å². The van der Waals surface area contributed by atoms with Gasteiger partial charge in [-0.15, -0.1) is 0 Å². The van der Waals surface area contributed by atoms with Crippen LogP contribution in [0.5, 0.6) is 0 Å². The van der Waals surface area contributed by atoms with E-state index in [0.29, 0.717) is 5.56 Å². The normalized spacial score (nSPS) is 9.39. The smallest absolute Gasteiger partial charge is 0.257 e. The molecule has 0 fully saturated rings. The molecule has 0 aliphatic carbocycles. The lowest BCUT2D eigenvalue weighted by Gasteiger charge is -2.00. The number of halogens is 1. The molecule has 4 heteroatoms. The van der Waals surface area contributed by atoms with E-state index >= 15 is 0 Å². The highest BCUT2D eigenvalue weighted by molar-refractivity contribution is 5.93. The third-order valence-corrected chi connectivity index (χ3v) is 2.56. The van der Waals surface area contributed by atoms with Crippen molar-refractivity contribution in [2.75, 3.05) is 7.05 Å². The van der Waals surface area contributed by atoms with Crippen molar-refractivity contribution in [3.63, 3.8) is 0 Å². The lowest BCUT2D eigenvalue weighted by atomic mass is 10.2. The third-order valence-electron chi connectivity index (χ3n) is 2.56. The Morgan fingerprint density at radius 1 is 1.17 bits per heavy atom. The van der Waals surface area contributed by atoms with Gasteiger partial charge in [-0.1, -0.05) is 30.3 Å². The maximum atomic E-state index is 11.5. The molecule has 1 aromatic carbocycles. The van der Waals surface area contributed by atoms with Crippen molar-refractivity contribution < 1.29 is 21.8 Å². The summed E-state index contributed by atoms with van der Waals surface area (Å²) in [6, 6.07) is 13.8. The number of aromatic nitrogens is 1. The number of rotatable bonds is 3. The summed E-state index contributed by atoms with van der Waals surface area (Å²) < 4.78 is 2.00. The zero-order chi connectivity index (χ0) is 12.1. The average Bonchev–Trinajstić information content (AvgIpc) is 2.39. The predicted molar refractivity (Wildman–Crippen MR) is 65.6 cm³/mol. The lowest BCUT2D eigenvalue weighted by Crippen LogP contribution is -3.00. The molecule has 0 atom stereocenters. The highest BCUT2D eigenvalue weighted by atomic mass is 35.5. The van der Waals surface area contributed by atoms with E-state index in [0.717, 1.165) is 6.54 Å². The van der Waals surface area contributed by atoms with Crippen molar-refractivity contribution in [1.29, 1.82) is 0 Å². The first-order valence-corrected chi connectivity index (χ1v) is 5.55. The van der Waals surface area contributed by atoms with Crippen LogP contribution in [0.25, 0.3) is 0 Å². The Morgan fingerprint density at radius 2 is 1.89 bits per heavy atom. The van der Waals surface area contributed by atoms with Gasteiger partial charge in [-0.05, 0) is 6.07 Å². The highest BCUT2D eigenvalue weighted by Gasteiger charge is 2.08. The van der Waals surface area contributed by atoms with Gasteiger partial charge in [-0.25, -0.2) is 0 Å². The molecule has 0 radical (unpaired) electrons. The maximum Gasteiger partial charge on any atom is 0.257 e. The van der Waals surface area contributed by atoms with E-state index in [-0.39, 0.29) is 18.3 Å². The Kier molecular flexibility index (Phi) is 5.33. The van der Waals surface area contributed by atoms with E-state index < -0.39 is 0 Å². The first-order valence-electron chi connectivity index (χ1n) is 5.55. The molecule has 0 unspecified atom stereocenters. The number of benzene rings is 1. The van der Waals surface area contributed by atoms with E-state index in [4.69, 9.17) is 0 Å². The van der Waals surface area contributed by atoms with Gasteiger partial charge in [0.25, 0.3) is 5.91 Å². The minimum absolute atomic E-state index is 0. The number of carbonyl (C=O) groups excluding carboxylic acids is 1. The topological polar surface area (TPSA) is 33.0 Å². The third kappa shape index (κ3) is 3.57. The molecular formula is C14H15ClN2O. The Hall–Kier alpha value is -1.87. The number of pyridine rings is 1. The minimum Gasteiger partial charge on any atom is -1.00 e. The van der Waals surface area contributed by atoms with E-state index in [1.54, 1.807) is 13.1 Å². The molecule has 1 heterocycles. The Morgan fingerprint density at radius 3 is 2.56 bits per heavy atom. The number of carbonyl (C=O) groups is 1. The van der Waals surface area contributed by atoms with Crippen LogP contribution in [0, 0.1) is 0 Å². The molecule has 94 valence electrons. The molecule has 1 aromatic heterocycles. The number of nitrogens with one attached hydrogen (secondary N) is 1. The molecule has 3 nitrogen and oxygen atoms in total. The summed E-state index contributed by atoms with van der Waals surface area (Å²) in [6.45, 7) is 0.770. The second kappa shape index (κ2) is 6.77. The van der Waals surface area contributed by atoms with Gasteiger partial charge in [0, 0.05) is 18.7 Å². The Bertz CT molecular complexity index is 514. The standard InChI is InChI=1S/C14H14N2O.ClH/c1-15-14(17)13-8-5-9-16(11-13)10-12-6-3-2-4-7-12;/h2-9,11H,10H2,1H3;1H. The molecule has 0 bridgehead atoms. The van der Waals surface area contributed by atoms with Gasteiger partial charge in [0.1, 0.15) is 5.56 Å². The molecule has 2 rings (SSSR count). The molecule has 1 amide bonds. The number of hydrogen-bond donors (Lipinski definition) is 1. The van der Waals surface area contributed by atoms with Crippen LogP contribution in [-0.4, -0.2) is 13.0 Å². The summed E-state index contributed by atoms with van der Waals surface area (Å²) in [5.41, 5.74) is 1.89. The summed E-state index contributed by atoms with van der Waals surface area (Å²) >= 11 is 0. The van der Waals surface area contributed by atoms with Crippen molar-refractivity contribution in [2.24, 2.45) is 0 Å². The summed E-state index contributed by atoms with van der Waals surface area (Å²) in [4.78, 5) is 11.5. The molecule has 0 saturated carbocycles. The quantitative estimate of drug-likeness (QED) is 0.664. The van der Waals surface area contributed by atoms with Crippen molar-refractivity contribution in [2.45, 2.75) is 6.54 Å². The van der Waals surface area contributed by atoms with Crippen LogP contribution >= 0.6 is 0 Å². The summed E-state index contributed by atoms with van der Waals surface area (Å²) in [6.07, 6.45) is 3.81. The van der Waals surface area contributed by atoms with Gasteiger partial charge in [0.2, 0.25) is 0 Å².